The minimum atomic E-state index is -0.308. The molecule has 2 atom stereocenters. The van der Waals surface area contributed by atoms with E-state index in [-0.39, 0.29) is 23.5 Å². The fourth-order valence-corrected chi connectivity index (χ4v) is 2.20. The highest BCUT2D eigenvalue weighted by Crippen LogP contribution is 2.37. The summed E-state index contributed by atoms with van der Waals surface area (Å²) >= 11 is 0. The Morgan fingerprint density at radius 1 is 1.36 bits per heavy atom. The third kappa shape index (κ3) is 1.60. The molecule has 14 heavy (non-hydrogen) atoms. The van der Waals surface area contributed by atoms with Crippen molar-refractivity contribution < 1.29 is 9.50 Å². The largest absolute Gasteiger partial charge is 0.508 e. The molecule has 76 valence electrons. The van der Waals surface area contributed by atoms with Gasteiger partial charge in [-0.1, -0.05) is 6.42 Å². The highest BCUT2D eigenvalue weighted by molar-refractivity contribution is 5.37. The average Bonchev–Trinajstić information content (AvgIpc) is 2.56. The van der Waals surface area contributed by atoms with Crippen LogP contribution in [0.3, 0.4) is 0 Å². The van der Waals surface area contributed by atoms with Crippen molar-refractivity contribution in [2.24, 2.45) is 5.73 Å². The molecular formula is C11H14FNO. The molecule has 1 saturated carbocycles. The van der Waals surface area contributed by atoms with Crippen LogP contribution in [-0.4, -0.2) is 11.1 Å². The van der Waals surface area contributed by atoms with Crippen molar-refractivity contribution in [2.45, 2.75) is 31.2 Å². The summed E-state index contributed by atoms with van der Waals surface area (Å²) in [6.07, 6.45) is 2.96. The maximum atomic E-state index is 13.0. The molecule has 1 aromatic carbocycles. The van der Waals surface area contributed by atoms with Crippen LogP contribution in [0.25, 0.3) is 0 Å². The van der Waals surface area contributed by atoms with E-state index in [2.05, 4.69) is 0 Å². The molecule has 1 fully saturated rings. The normalized spacial score (nSPS) is 26.7. The SMILES string of the molecule is NC1CCCC1c1cc(F)ccc1O. The minimum absolute atomic E-state index is 0.0581. The van der Waals surface area contributed by atoms with Gasteiger partial charge in [0.15, 0.2) is 0 Å². The topological polar surface area (TPSA) is 46.2 Å². The van der Waals surface area contributed by atoms with Crippen LogP contribution in [0, 0.1) is 5.82 Å². The quantitative estimate of drug-likeness (QED) is 0.721. The molecule has 3 heteroatoms. The van der Waals surface area contributed by atoms with E-state index in [1.807, 2.05) is 0 Å². The summed E-state index contributed by atoms with van der Waals surface area (Å²) in [5.41, 5.74) is 6.56. The summed E-state index contributed by atoms with van der Waals surface area (Å²) in [7, 11) is 0. The molecule has 0 aromatic heterocycles. The second-order valence-corrected chi connectivity index (χ2v) is 3.90. The number of phenolic OH excluding ortho intramolecular Hbond substituents is 1. The predicted octanol–water partition coefficient (Wildman–Crippen LogP) is 2.13. The molecule has 1 aliphatic carbocycles. The second kappa shape index (κ2) is 3.58. The molecule has 3 N–H and O–H groups in total. The minimum Gasteiger partial charge on any atom is -0.508 e. The number of aromatic hydroxyl groups is 1. The molecule has 2 rings (SSSR count). The molecule has 2 nitrogen and oxygen atoms in total. The van der Waals surface area contributed by atoms with Crippen LogP contribution in [-0.2, 0) is 0 Å². The zero-order chi connectivity index (χ0) is 10.1. The summed E-state index contributed by atoms with van der Waals surface area (Å²) in [4.78, 5) is 0. The summed E-state index contributed by atoms with van der Waals surface area (Å²) < 4.78 is 13.0. The molecule has 1 aromatic rings. The van der Waals surface area contributed by atoms with Crippen LogP contribution in [0.2, 0.25) is 0 Å². The van der Waals surface area contributed by atoms with Gasteiger partial charge in [0.2, 0.25) is 0 Å². The summed E-state index contributed by atoms with van der Waals surface area (Å²) in [6, 6.07) is 4.11. The smallest absolute Gasteiger partial charge is 0.123 e. The summed E-state index contributed by atoms with van der Waals surface area (Å²) in [5.74, 6) is -0.0312. The fourth-order valence-electron chi connectivity index (χ4n) is 2.20. The maximum Gasteiger partial charge on any atom is 0.123 e. The van der Waals surface area contributed by atoms with Crippen LogP contribution in [0.5, 0.6) is 5.75 Å². The average molecular weight is 195 g/mol. The Balaban J connectivity index is 2.34. The van der Waals surface area contributed by atoms with Gasteiger partial charge in [0, 0.05) is 17.5 Å². The highest BCUT2D eigenvalue weighted by atomic mass is 19.1. The van der Waals surface area contributed by atoms with Crippen LogP contribution in [0.4, 0.5) is 4.39 Å². The number of halogens is 1. The zero-order valence-corrected chi connectivity index (χ0v) is 7.91. The summed E-state index contributed by atoms with van der Waals surface area (Å²) in [5, 5.41) is 9.59. The van der Waals surface area contributed by atoms with Crippen molar-refractivity contribution >= 4 is 0 Å². The Bertz CT molecular complexity index is 340. The van der Waals surface area contributed by atoms with E-state index < -0.39 is 0 Å². The Morgan fingerprint density at radius 3 is 2.79 bits per heavy atom. The third-order valence-corrected chi connectivity index (χ3v) is 2.96. The van der Waals surface area contributed by atoms with Crippen LogP contribution in [0.1, 0.15) is 30.7 Å². The lowest BCUT2D eigenvalue weighted by Crippen LogP contribution is -2.22. The van der Waals surface area contributed by atoms with Crippen molar-refractivity contribution in [1.82, 2.24) is 0 Å². The number of benzene rings is 1. The number of nitrogens with two attached hydrogens (primary N) is 1. The van der Waals surface area contributed by atoms with E-state index in [1.165, 1.54) is 18.2 Å². The first kappa shape index (κ1) is 9.46. The molecule has 2 unspecified atom stereocenters. The highest BCUT2D eigenvalue weighted by Gasteiger charge is 2.27. The lowest BCUT2D eigenvalue weighted by atomic mass is 9.94. The van der Waals surface area contributed by atoms with E-state index in [1.54, 1.807) is 0 Å². The van der Waals surface area contributed by atoms with Gasteiger partial charge >= 0.3 is 0 Å². The molecule has 0 aliphatic heterocycles. The third-order valence-electron chi connectivity index (χ3n) is 2.96. The van der Waals surface area contributed by atoms with Crippen molar-refractivity contribution in [1.29, 1.82) is 0 Å². The zero-order valence-electron chi connectivity index (χ0n) is 7.91. The molecule has 0 saturated heterocycles. The maximum absolute atomic E-state index is 13.0. The molecule has 0 amide bonds. The van der Waals surface area contributed by atoms with Gasteiger partial charge in [-0.15, -0.1) is 0 Å². The molecule has 0 bridgehead atoms. The van der Waals surface area contributed by atoms with Crippen molar-refractivity contribution in [3.8, 4) is 5.75 Å². The van der Waals surface area contributed by atoms with Gasteiger partial charge in [-0.05, 0) is 31.0 Å². The first-order chi connectivity index (χ1) is 6.68. The van der Waals surface area contributed by atoms with Gasteiger partial charge < -0.3 is 10.8 Å². The van der Waals surface area contributed by atoms with Gasteiger partial charge in [0.25, 0.3) is 0 Å². The first-order valence-corrected chi connectivity index (χ1v) is 4.92. The Labute approximate surface area is 82.5 Å². The standard InChI is InChI=1S/C11H14FNO/c12-7-4-5-11(14)9(6-7)8-2-1-3-10(8)13/h4-6,8,10,14H,1-3,13H2. The van der Waals surface area contributed by atoms with Crippen LogP contribution in [0.15, 0.2) is 18.2 Å². The van der Waals surface area contributed by atoms with E-state index in [0.29, 0.717) is 5.56 Å². The first-order valence-electron chi connectivity index (χ1n) is 4.92. The number of hydrogen-bond acceptors (Lipinski definition) is 2. The molecule has 1 aliphatic rings. The van der Waals surface area contributed by atoms with Gasteiger partial charge in [-0.3, -0.25) is 0 Å². The fraction of sp³-hybridized carbons (Fsp3) is 0.455. The van der Waals surface area contributed by atoms with Crippen molar-refractivity contribution in [3.05, 3.63) is 29.6 Å². The summed E-state index contributed by atoms with van der Waals surface area (Å²) in [6.45, 7) is 0. The van der Waals surface area contributed by atoms with Gasteiger partial charge in [-0.25, -0.2) is 4.39 Å². The van der Waals surface area contributed by atoms with E-state index in [9.17, 15) is 9.50 Å². The number of phenols is 1. The second-order valence-electron chi connectivity index (χ2n) is 3.90. The van der Waals surface area contributed by atoms with Crippen LogP contribution < -0.4 is 5.73 Å². The molecule has 0 radical (unpaired) electrons. The van der Waals surface area contributed by atoms with Crippen LogP contribution >= 0.6 is 0 Å². The Hall–Kier alpha value is -1.09. The predicted molar refractivity (Wildman–Crippen MR) is 52.6 cm³/mol. The lowest BCUT2D eigenvalue weighted by Gasteiger charge is -2.16. The monoisotopic (exact) mass is 195 g/mol. The van der Waals surface area contributed by atoms with Gasteiger partial charge in [0.1, 0.15) is 11.6 Å². The Kier molecular flexibility index (Phi) is 2.42. The van der Waals surface area contributed by atoms with Crippen molar-refractivity contribution in [3.63, 3.8) is 0 Å². The van der Waals surface area contributed by atoms with E-state index in [0.717, 1.165) is 19.3 Å². The number of hydrogen-bond donors (Lipinski definition) is 2. The van der Waals surface area contributed by atoms with E-state index in [4.69, 9.17) is 5.73 Å². The molecular weight excluding hydrogens is 181 g/mol. The molecule has 0 heterocycles. The van der Waals surface area contributed by atoms with E-state index >= 15 is 0 Å². The molecule has 0 spiro atoms. The van der Waals surface area contributed by atoms with Gasteiger partial charge in [0.05, 0.1) is 0 Å². The van der Waals surface area contributed by atoms with Gasteiger partial charge in [-0.2, -0.15) is 0 Å². The van der Waals surface area contributed by atoms with Crippen molar-refractivity contribution in [2.75, 3.05) is 0 Å². The number of rotatable bonds is 1. The Morgan fingerprint density at radius 2 is 2.14 bits per heavy atom. The lowest BCUT2D eigenvalue weighted by molar-refractivity contribution is 0.453.